The van der Waals surface area contributed by atoms with Crippen LogP contribution < -0.4 is 5.32 Å². The third kappa shape index (κ3) is 3.30. The van der Waals surface area contributed by atoms with Crippen molar-refractivity contribution in [1.82, 2.24) is 24.5 Å². The standard InChI is InChI=1S/C16H17ClN6O/c1-3-5-11-10-13(20-22(11)2)16(24)19-14-7-9-23(21-14)15-12(17)6-4-8-18-15/h4,6-10H,3,5H2,1-2H3,(H,19,21,24). The molecule has 0 aliphatic carbocycles. The summed E-state index contributed by atoms with van der Waals surface area (Å²) in [6.45, 7) is 2.09. The van der Waals surface area contributed by atoms with Crippen LogP contribution in [-0.2, 0) is 13.5 Å². The molecule has 3 heterocycles. The largest absolute Gasteiger partial charge is 0.304 e. The van der Waals surface area contributed by atoms with Crippen LogP contribution in [0.5, 0.6) is 0 Å². The Morgan fingerprint density at radius 2 is 2.17 bits per heavy atom. The van der Waals surface area contributed by atoms with E-state index >= 15 is 0 Å². The number of halogens is 1. The summed E-state index contributed by atoms with van der Waals surface area (Å²) in [5.74, 6) is 0.609. The van der Waals surface area contributed by atoms with E-state index < -0.39 is 0 Å². The van der Waals surface area contributed by atoms with Crippen LogP contribution in [0.25, 0.3) is 5.82 Å². The van der Waals surface area contributed by atoms with Gasteiger partial charge in [0.2, 0.25) is 0 Å². The second-order valence-electron chi connectivity index (χ2n) is 5.30. The van der Waals surface area contributed by atoms with E-state index in [0.717, 1.165) is 18.5 Å². The van der Waals surface area contributed by atoms with Crippen LogP contribution in [0.4, 0.5) is 5.82 Å². The SMILES string of the molecule is CCCc1cc(C(=O)Nc2ccn(-c3ncccc3Cl)n2)nn1C. The summed E-state index contributed by atoms with van der Waals surface area (Å²) in [7, 11) is 1.83. The minimum Gasteiger partial charge on any atom is -0.304 e. The lowest BCUT2D eigenvalue weighted by molar-refractivity contribution is 0.102. The molecule has 0 radical (unpaired) electrons. The fourth-order valence-corrected chi connectivity index (χ4v) is 2.55. The maximum atomic E-state index is 12.3. The molecule has 0 aliphatic rings. The van der Waals surface area contributed by atoms with Crippen molar-refractivity contribution in [3.05, 3.63) is 53.1 Å². The highest BCUT2D eigenvalue weighted by Gasteiger charge is 2.14. The molecule has 0 aliphatic heterocycles. The van der Waals surface area contributed by atoms with Gasteiger partial charge in [-0.2, -0.15) is 5.10 Å². The number of amides is 1. The number of anilines is 1. The highest BCUT2D eigenvalue weighted by Crippen LogP contribution is 2.17. The van der Waals surface area contributed by atoms with Gasteiger partial charge in [-0.25, -0.2) is 9.67 Å². The number of aromatic nitrogens is 5. The van der Waals surface area contributed by atoms with Crippen LogP contribution in [0, 0.1) is 0 Å². The average molecular weight is 345 g/mol. The van der Waals surface area contributed by atoms with Gasteiger partial charge in [0.15, 0.2) is 17.3 Å². The first-order valence-corrected chi connectivity index (χ1v) is 7.97. The normalized spacial score (nSPS) is 10.8. The molecular weight excluding hydrogens is 328 g/mol. The smallest absolute Gasteiger partial charge is 0.277 e. The molecule has 7 nitrogen and oxygen atoms in total. The summed E-state index contributed by atoms with van der Waals surface area (Å²) < 4.78 is 3.24. The number of carbonyl (C=O) groups excluding carboxylic acids is 1. The van der Waals surface area contributed by atoms with Crippen molar-refractivity contribution in [2.45, 2.75) is 19.8 Å². The molecule has 124 valence electrons. The Balaban J connectivity index is 1.76. The number of rotatable bonds is 5. The summed E-state index contributed by atoms with van der Waals surface area (Å²) in [5, 5.41) is 11.7. The van der Waals surface area contributed by atoms with Gasteiger partial charge in [0.05, 0.1) is 5.02 Å². The number of nitrogens with zero attached hydrogens (tertiary/aromatic N) is 5. The van der Waals surface area contributed by atoms with Crippen molar-refractivity contribution < 1.29 is 4.79 Å². The van der Waals surface area contributed by atoms with Gasteiger partial charge in [0.25, 0.3) is 5.91 Å². The zero-order valence-corrected chi connectivity index (χ0v) is 14.2. The number of nitrogens with one attached hydrogen (secondary N) is 1. The zero-order valence-electron chi connectivity index (χ0n) is 13.4. The summed E-state index contributed by atoms with van der Waals surface area (Å²) in [5.41, 5.74) is 1.39. The minimum absolute atomic E-state index is 0.301. The number of hydrogen-bond donors (Lipinski definition) is 1. The first kappa shape index (κ1) is 16.2. The molecule has 3 rings (SSSR count). The molecule has 0 saturated carbocycles. The first-order chi connectivity index (χ1) is 11.6. The molecule has 1 N–H and O–H groups in total. The van der Waals surface area contributed by atoms with E-state index in [2.05, 4.69) is 27.4 Å². The maximum absolute atomic E-state index is 12.3. The lowest BCUT2D eigenvalue weighted by Gasteiger charge is -2.02. The molecule has 0 atom stereocenters. The lowest BCUT2D eigenvalue weighted by Crippen LogP contribution is -2.13. The number of pyridine rings is 1. The second-order valence-corrected chi connectivity index (χ2v) is 5.71. The van der Waals surface area contributed by atoms with Gasteiger partial charge in [0, 0.05) is 31.2 Å². The molecule has 3 aromatic heterocycles. The Bertz CT molecular complexity index is 869. The Kier molecular flexibility index (Phi) is 4.61. The Hall–Kier alpha value is -2.67. The van der Waals surface area contributed by atoms with Gasteiger partial charge < -0.3 is 5.32 Å². The minimum atomic E-state index is -0.301. The van der Waals surface area contributed by atoms with Gasteiger partial charge in [-0.15, -0.1) is 5.10 Å². The molecule has 0 fully saturated rings. The van der Waals surface area contributed by atoms with E-state index in [9.17, 15) is 4.79 Å². The fourth-order valence-electron chi connectivity index (χ4n) is 2.34. The van der Waals surface area contributed by atoms with E-state index in [4.69, 9.17) is 11.6 Å². The quantitative estimate of drug-likeness (QED) is 0.772. The van der Waals surface area contributed by atoms with Crippen LogP contribution in [0.1, 0.15) is 29.5 Å². The lowest BCUT2D eigenvalue weighted by atomic mass is 10.2. The predicted octanol–water partition coefficient (Wildman–Crippen LogP) is 2.86. The van der Waals surface area contributed by atoms with Crippen molar-refractivity contribution in [1.29, 1.82) is 0 Å². The first-order valence-electron chi connectivity index (χ1n) is 7.59. The van der Waals surface area contributed by atoms with Gasteiger partial charge >= 0.3 is 0 Å². The number of aryl methyl sites for hydroxylation is 2. The predicted molar refractivity (Wildman–Crippen MR) is 91.5 cm³/mol. The van der Waals surface area contributed by atoms with E-state index in [-0.39, 0.29) is 5.91 Å². The van der Waals surface area contributed by atoms with Crippen molar-refractivity contribution in [2.75, 3.05) is 5.32 Å². The van der Waals surface area contributed by atoms with E-state index in [0.29, 0.717) is 22.4 Å². The molecule has 8 heteroatoms. The Morgan fingerprint density at radius 1 is 1.33 bits per heavy atom. The van der Waals surface area contributed by atoms with Crippen molar-refractivity contribution in [3.8, 4) is 5.82 Å². The molecule has 0 aromatic carbocycles. The van der Waals surface area contributed by atoms with Crippen LogP contribution in [0.15, 0.2) is 36.7 Å². The summed E-state index contributed by atoms with van der Waals surface area (Å²) in [4.78, 5) is 16.5. The Labute approximate surface area is 144 Å². The molecule has 0 unspecified atom stereocenters. The van der Waals surface area contributed by atoms with Gasteiger partial charge in [-0.3, -0.25) is 9.48 Å². The van der Waals surface area contributed by atoms with Gasteiger partial charge in [0.1, 0.15) is 0 Å². The maximum Gasteiger partial charge on any atom is 0.277 e. The van der Waals surface area contributed by atoms with Crippen LogP contribution in [0.3, 0.4) is 0 Å². The van der Waals surface area contributed by atoms with Crippen molar-refractivity contribution in [2.24, 2.45) is 7.05 Å². The zero-order chi connectivity index (χ0) is 17.1. The summed E-state index contributed by atoms with van der Waals surface area (Å²) >= 11 is 6.10. The molecule has 0 spiro atoms. The van der Waals surface area contributed by atoms with Crippen LogP contribution in [-0.4, -0.2) is 30.5 Å². The molecule has 1 amide bonds. The third-order valence-corrected chi connectivity index (χ3v) is 3.80. The highest BCUT2D eigenvalue weighted by atomic mass is 35.5. The second kappa shape index (κ2) is 6.84. The molecule has 0 saturated heterocycles. The average Bonchev–Trinajstić information content (AvgIpc) is 3.16. The Morgan fingerprint density at radius 3 is 2.92 bits per heavy atom. The fraction of sp³-hybridized carbons (Fsp3) is 0.250. The van der Waals surface area contributed by atoms with Crippen LogP contribution >= 0.6 is 11.6 Å². The highest BCUT2D eigenvalue weighted by molar-refractivity contribution is 6.32. The third-order valence-electron chi connectivity index (χ3n) is 3.50. The van der Waals surface area contributed by atoms with E-state index in [1.807, 2.05) is 7.05 Å². The monoisotopic (exact) mass is 344 g/mol. The molecule has 3 aromatic rings. The van der Waals surface area contributed by atoms with Crippen molar-refractivity contribution in [3.63, 3.8) is 0 Å². The van der Waals surface area contributed by atoms with E-state index in [1.165, 1.54) is 4.68 Å². The molecular formula is C16H17ClN6O. The van der Waals surface area contributed by atoms with Crippen LogP contribution in [0.2, 0.25) is 5.02 Å². The summed E-state index contributed by atoms with van der Waals surface area (Å²) in [6, 6.07) is 6.95. The summed E-state index contributed by atoms with van der Waals surface area (Å²) in [6.07, 6.45) is 5.19. The number of carbonyl (C=O) groups is 1. The number of hydrogen-bond acceptors (Lipinski definition) is 4. The molecule has 24 heavy (non-hydrogen) atoms. The van der Waals surface area contributed by atoms with Gasteiger partial charge in [-0.05, 0) is 24.6 Å². The van der Waals surface area contributed by atoms with E-state index in [1.54, 1.807) is 41.3 Å². The topological polar surface area (TPSA) is 77.6 Å². The molecule has 0 bridgehead atoms. The van der Waals surface area contributed by atoms with Gasteiger partial charge in [-0.1, -0.05) is 24.9 Å². The van der Waals surface area contributed by atoms with Crippen molar-refractivity contribution >= 4 is 23.3 Å².